The van der Waals surface area contributed by atoms with E-state index in [-0.39, 0.29) is 5.56 Å². The fourth-order valence-electron chi connectivity index (χ4n) is 0.846. The lowest BCUT2D eigenvalue weighted by atomic mass is 10.2. The van der Waals surface area contributed by atoms with E-state index in [2.05, 4.69) is 4.98 Å². The van der Waals surface area contributed by atoms with Gasteiger partial charge in [0, 0.05) is 17.5 Å². The van der Waals surface area contributed by atoms with Crippen molar-refractivity contribution in [2.24, 2.45) is 0 Å². The van der Waals surface area contributed by atoms with Gasteiger partial charge in [0.05, 0.1) is 0 Å². The zero-order valence-electron chi connectivity index (χ0n) is 5.91. The molecule has 1 N–H and O–H groups in total. The van der Waals surface area contributed by atoms with Crippen molar-refractivity contribution < 1.29 is 8.78 Å². The van der Waals surface area contributed by atoms with Crippen molar-refractivity contribution in [3.05, 3.63) is 23.0 Å². The molecule has 0 unspecified atom stereocenters. The van der Waals surface area contributed by atoms with Crippen molar-refractivity contribution in [1.82, 2.24) is 4.98 Å². The van der Waals surface area contributed by atoms with Crippen LogP contribution >= 0.6 is 0 Å². The highest BCUT2D eigenvalue weighted by Crippen LogP contribution is 2.23. The molecule has 1 rings (SSSR count). The predicted molar refractivity (Wildman–Crippen MR) is 35.2 cm³/mol. The summed E-state index contributed by atoms with van der Waals surface area (Å²) in [6.07, 6.45) is -1.00. The Morgan fingerprint density at radius 1 is 1.40 bits per heavy atom. The average molecular weight is 145 g/mol. The quantitative estimate of drug-likeness (QED) is 0.625. The van der Waals surface area contributed by atoms with Crippen LogP contribution in [0.1, 0.15) is 23.2 Å². The largest absolute Gasteiger partial charge is 0.365 e. The number of hydrogen-bond acceptors (Lipinski definition) is 0. The molecule has 0 atom stereocenters. The minimum absolute atomic E-state index is 0.109. The maximum absolute atomic E-state index is 12.0. The number of hydrogen-bond donors (Lipinski definition) is 1. The number of H-pyrrole nitrogens is 1. The SMILES string of the molecule is Cc1[nH]cc(C(F)F)c1C. The third kappa shape index (κ3) is 1.03. The molecule has 10 heavy (non-hydrogen) atoms. The monoisotopic (exact) mass is 145 g/mol. The average Bonchev–Trinajstić information content (AvgIpc) is 2.14. The maximum Gasteiger partial charge on any atom is 0.265 e. The highest BCUT2D eigenvalue weighted by molar-refractivity contribution is 5.29. The van der Waals surface area contributed by atoms with Gasteiger partial charge in [-0.3, -0.25) is 0 Å². The fraction of sp³-hybridized carbons (Fsp3) is 0.429. The van der Waals surface area contributed by atoms with Crippen molar-refractivity contribution in [3.8, 4) is 0 Å². The third-order valence-corrected chi connectivity index (χ3v) is 1.67. The lowest BCUT2D eigenvalue weighted by Gasteiger charge is -1.95. The molecule has 0 saturated heterocycles. The van der Waals surface area contributed by atoms with E-state index < -0.39 is 6.43 Å². The summed E-state index contributed by atoms with van der Waals surface area (Å²) in [6, 6.07) is 0. The fourth-order valence-corrected chi connectivity index (χ4v) is 0.846. The van der Waals surface area contributed by atoms with Crippen LogP contribution in [0.2, 0.25) is 0 Å². The molecule has 0 fully saturated rings. The van der Waals surface area contributed by atoms with Gasteiger partial charge < -0.3 is 4.98 Å². The van der Waals surface area contributed by atoms with Gasteiger partial charge in [-0.1, -0.05) is 0 Å². The van der Waals surface area contributed by atoms with Gasteiger partial charge in [0.1, 0.15) is 0 Å². The molecule has 1 aromatic heterocycles. The van der Waals surface area contributed by atoms with Gasteiger partial charge in [0.15, 0.2) is 0 Å². The number of aromatic amines is 1. The molecular weight excluding hydrogens is 136 g/mol. The van der Waals surface area contributed by atoms with Crippen LogP contribution < -0.4 is 0 Å². The molecule has 1 aromatic rings. The van der Waals surface area contributed by atoms with E-state index in [0.29, 0.717) is 5.56 Å². The topological polar surface area (TPSA) is 15.8 Å². The molecule has 0 aromatic carbocycles. The lowest BCUT2D eigenvalue weighted by molar-refractivity contribution is 0.151. The molecule has 1 heterocycles. The lowest BCUT2D eigenvalue weighted by Crippen LogP contribution is -1.83. The number of rotatable bonds is 1. The molecule has 3 heteroatoms. The number of nitrogens with one attached hydrogen (secondary N) is 1. The normalized spacial score (nSPS) is 10.9. The number of aromatic nitrogens is 1. The summed E-state index contributed by atoms with van der Waals surface area (Å²) < 4.78 is 24.0. The maximum atomic E-state index is 12.0. The van der Waals surface area contributed by atoms with Crippen molar-refractivity contribution in [1.29, 1.82) is 0 Å². The van der Waals surface area contributed by atoms with Crippen LogP contribution in [0.25, 0.3) is 0 Å². The van der Waals surface area contributed by atoms with Crippen molar-refractivity contribution in [3.63, 3.8) is 0 Å². The number of alkyl halides is 2. The highest BCUT2D eigenvalue weighted by atomic mass is 19.3. The van der Waals surface area contributed by atoms with Crippen LogP contribution in [0.5, 0.6) is 0 Å². The first-order valence-electron chi connectivity index (χ1n) is 3.05. The van der Waals surface area contributed by atoms with E-state index in [1.807, 2.05) is 0 Å². The Balaban J connectivity index is 3.05. The number of aryl methyl sites for hydroxylation is 1. The predicted octanol–water partition coefficient (Wildman–Crippen LogP) is 2.57. The van der Waals surface area contributed by atoms with Crippen molar-refractivity contribution >= 4 is 0 Å². The Bertz CT molecular complexity index is 228. The molecule has 1 nitrogen and oxygen atoms in total. The van der Waals surface area contributed by atoms with Crippen LogP contribution in [-0.4, -0.2) is 4.98 Å². The van der Waals surface area contributed by atoms with E-state index >= 15 is 0 Å². The van der Waals surface area contributed by atoms with Gasteiger partial charge in [0.25, 0.3) is 6.43 Å². The van der Waals surface area contributed by atoms with E-state index in [0.717, 1.165) is 5.69 Å². The van der Waals surface area contributed by atoms with Crippen LogP contribution in [0.3, 0.4) is 0 Å². The van der Waals surface area contributed by atoms with E-state index in [1.54, 1.807) is 13.8 Å². The Morgan fingerprint density at radius 2 is 2.00 bits per heavy atom. The Kier molecular flexibility index (Phi) is 1.74. The molecule has 0 amide bonds. The summed E-state index contributed by atoms with van der Waals surface area (Å²) in [5, 5.41) is 0. The Labute approximate surface area is 58.1 Å². The molecule has 56 valence electrons. The van der Waals surface area contributed by atoms with E-state index in [9.17, 15) is 8.78 Å². The first kappa shape index (κ1) is 7.25. The van der Waals surface area contributed by atoms with Gasteiger partial charge in [-0.05, 0) is 19.4 Å². The molecule has 0 aliphatic carbocycles. The van der Waals surface area contributed by atoms with Crippen molar-refractivity contribution in [2.45, 2.75) is 20.3 Å². The van der Waals surface area contributed by atoms with E-state index in [4.69, 9.17) is 0 Å². The molecule has 0 bridgehead atoms. The van der Waals surface area contributed by atoms with Crippen LogP contribution in [0.15, 0.2) is 6.20 Å². The second-order valence-corrected chi connectivity index (χ2v) is 2.29. The molecule has 0 spiro atoms. The van der Waals surface area contributed by atoms with E-state index in [1.165, 1.54) is 6.20 Å². The Hall–Kier alpha value is -0.860. The van der Waals surface area contributed by atoms with Gasteiger partial charge >= 0.3 is 0 Å². The van der Waals surface area contributed by atoms with Gasteiger partial charge in [-0.25, -0.2) is 8.78 Å². The van der Waals surface area contributed by atoms with Gasteiger partial charge in [0.2, 0.25) is 0 Å². The first-order valence-corrected chi connectivity index (χ1v) is 3.05. The highest BCUT2D eigenvalue weighted by Gasteiger charge is 2.12. The van der Waals surface area contributed by atoms with Crippen molar-refractivity contribution in [2.75, 3.05) is 0 Å². The molecular formula is C7H9F2N. The summed E-state index contributed by atoms with van der Waals surface area (Å²) in [7, 11) is 0. The molecule has 0 aliphatic rings. The standard InChI is InChI=1S/C7H9F2N/c1-4-5(2)10-3-6(4)7(8)9/h3,7,10H,1-2H3. The third-order valence-electron chi connectivity index (χ3n) is 1.67. The van der Waals surface area contributed by atoms with Gasteiger partial charge in [-0.15, -0.1) is 0 Å². The molecule has 0 aliphatic heterocycles. The van der Waals surface area contributed by atoms with Crippen LogP contribution in [0.4, 0.5) is 8.78 Å². The summed E-state index contributed by atoms with van der Waals surface area (Å²) in [5.41, 5.74) is 1.59. The second kappa shape index (κ2) is 2.40. The zero-order valence-corrected chi connectivity index (χ0v) is 5.91. The summed E-state index contributed by atoms with van der Waals surface area (Å²) in [4.78, 5) is 2.74. The summed E-state index contributed by atoms with van der Waals surface area (Å²) in [5.74, 6) is 0. The first-order chi connectivity index (χ1) is 4.63. The number of halogens is 2. The molecule has 0 radical (unpaired) electrons. The summed E-state index contributed by atoms with van der Waals surface area (Å²) >= 11 is 0. The molecule has 0 saturated carbocycles. The summed E-state index contributed by atoms with van der Waals surface area (Å²) in [6.45, 7) is 3.47. The Morgan fingerprint density at radius 3 is 2.20 bits per heavy atom. The van der Waals surface area contributed by atoms with Crippen LogP contribution in [-0.2, 0) is 0 Å². The second-order valence-electron chi connectivity index (χ2n) is 2.29. The van der Waals surface area contributed by atoms with Crippen LogP contribution in [0, 0.1) is 13.8 Å². The minimum Gasteiger partial charge on any atom is -0.365 e. The zero-order chi connectivity index (χ0) is 7.72. The minimum atomic E-state index is -2.36. The van der Waals surface area contributed by atoms with Gasteiger partial charge in [-0.2, -0.15) is 0 Å². The smallest absolute Gasteiger partial charge is 0.265 e.